The minimum Gasteiger partial charge on any atom is -0.375 e. The van der Waals surface area contributed by atoms with Crippen molar-refractivity contribution in [2.75, 3.05) is 43.6 Å². The molecule has 2 aromatic carbocycles. The first kappa shape index (κ1) is 22.9. The average molecular weight is 446 g/mol. The van der Waals surface area contributed by atoms with Gasteiger partial charge in [0.2, 0.25) is 11.8 Å². The second-order valence-electron chi connectivity index (χ2n) is 7.40. The molecule has 0 saturated carbocycles. The molecule has 1 aliphatic heterocycles. The van der Waals surface area contributed by atoms with Crippen LogP contribution in [0.15, 0.2) is 54.6 Å². The Morgan fingerprint density at radius 1 is 1.06 bits per heavy atom. The molecule has 0 aliphatic carbocycles. The van der Waals surface area contributed by atoms with Crippen LogP contribution in [0.1, 0.15) is 17.2 Å². The van der Waals surface area contributed by atoms with Crippen LogP contribution in [0.4, 0.5) is 5.69 Å². The van der Waals surface area contributed by atoms with Crippen LogP contribution in [0.25, 0.3) is 0 Å². The van der Waals surface area contributed by atoms with E-state index in [1.165, 1.54) is 7.11 Å². The molecule has 3 rings (SSSR count). The van der Waals surface area contributed by atoms with Crippen LogP contribution in [0.2, 0.25) is 0 Å². The van der Waals surface area contributed by atoms with E-state index in [0.717, 1.165) is 11.1 Å². The molecule has 0 bridgehead atoms. The van der Waals surface area contributed by atoms with Gasteiger partial charge in [-0.05, 0) is 23.3 Å². The molecule has 2 N–H and O–H groups in total. The van der Waals surface area contributed by atoms with Crippen molar-refractivity contribution >= 4 is 27.3 Å². The van der Waals surface area contributed by atoms with E-state index in [0.29, 0.717) is 18.8 Å². The highest BCUT2D eigenvalue weighted by Crippen LogP contribution is 2.23. The van der Waals surface area contributed by atoms with E-state index < -0.39 is 15.9 Å². The summed E-state index contributed by atoms with van der Waals surface area (Å²) in [5, 5.41) is 5.69. The zero-order valence-corrected chi connectivity index (χ0v) is 18.2. The Morgan fingerprint density at radius 2 is 1.77 bits per heavy atom. The lowest BCUT2D eigenvalue weighted by Crippen LogP contribution is -2.47. The fourth-order valence-electron chi connectivity index (χ4n) is 3.52. The number of methoxy groups -OCH3 is 1. The van der Waals surface area contributed by atoms with Crippen LogP contribution in [0.5, 0.6) is 0 Å². The number of carbonyl (C=O) groups is 2. The van der Waals surface area contributed by atoms with E-state index in [1.807, 2.05) is 41.3 Å². The van der Waals surface area contributed by atoms with E-state index in [2.05, 4.69) is 10.6 Å². The molecule has 8 nitrogen and oxygen atoms in total. The molecule has 0 radical (unpaired) electrons. The predicted molar refractivity (Wildman–Crippen MR) is 118 cm³/mol. The van der Waals surface area contributed by atoms with Crippen molar-refractivity contribution in [2.24, 2.45) is 0 Å². The smallest absolute Gasteiger partial charge is 0.250 e. The van der Waals surface area contributed by atoms with Crippen LogP contribution >= 0.6 is 0 Å². The Morgan fingerprint density at radius 3 is 2.45 bits per heavy atom. The molecule has 2 amide bonds. The Hall–Kier alpha value is -2.75. The third kappa shape index (κ3) is 6.61. The fourth-order valence-corrected chi connectivity index (χ4v) is 4.75. The SMILES string of the molecule is COCC(=O)Nc1cccc(CNC(=O)C(c2ccccc2)N2CCS(=O)(=O)CC2)c1. The van der Waals surface area contributed by atoms with Crippen molar-refractivity contribution in [3.05, 3.63) is 65.7 Å². The molecular formula is C22H27N3O5S. The van der Waals surface area contributed by atoms with Gasteiger partial charge in [0.1, 0.15) is 12.6 Å². The molecule has 1 saturated heterocycles. The highest BCUT2D eigenvalue weighted by atomic mass is 32.2. The molecule has 9 heteroatoms. The fraction of sp³-hybridized carbons (Fsp3) is 0.364. The van der Waals surface area contributed by atoms with Gasteiger partial charge in [-0.3, -0.25) is 14.5 Å². The maximum atomic E-state index is 13.1. The van der Waals surface area contributed by atoms with Gasteiger partial charge in [-0.1, -0.05) is 42.5 Å². The largest absolute Gasteiger partial charge is 0.375 e. The molecule has 1 fully saturated rings. The minimum absolute atomic E-state index is 0.0364. The second-order valence-corrected chi connectivity index (χ2v) is 9.70. The number of ether oxygens (including phenoxy) is 1. The Kier molecular flexibility index (Phi) is 7.78. The summed E-state index contributed by atoms with van der Waals surface area (Å²) in [5.74, 6) is -0.355. The number of benzene rings is 2. The van der Waals surface area contributed by atoms with Crippen molar-refractivity contribution < 1.29 is 22.7 Å². The number of sulfone groups is 1. The highest BCUT2D eigenvalue weighted by molar-refractivity contribution is 7.91. The summed E-state index contributed by atoms with van der Waals surface area (Å²) in [5.41, 5.74) is 2.27. The third-order valence-corrected chi connectivity index (χ3v) is 6.67. The van der Waals surface area contributed by atoms with Crippen molar-refractivity contribution in [1.82, 2.24) is 10.2 Å². The normalized spacial score (nSPS) is 16.9. The first-order valence-corrected chi connectivity index (χ1v) is 11.8. The molecule has 2 aromatic rings. The summed E-state index contributed by atoms with van der Waals surface area (Å²) < 4.78 is 28.5. The van der Waals surface area contributed by atoms with Gasteiger partial charge in [0, 0.05) is 32.4 Å². The highest BCUT2D eigenvalue weighted by Gasteiger charge is 2.32. The molecule has 1 atom stereocenters. The number of anilines is 1. The molecule has 31 heavy (non-hydrogen) atoms. The second kappa shape index (κ2) is 10.5. The minimum atomic E-state index is -3.05. The van der Waals surface area contributed by atoms with Crippen molar-refractivity contribution in [1.29, 1.82) is 0 Å². The van der Waals surface area contributed by atoms with E-state index in [1.54, 1.807) is 18.2 Å². The van der Waals surface area contributed by atoms with Gasteiger partial charge in [0.15, 0.2) is 9.84 Å². The van der Waals surface area contributed by atoms with Gasteiger partial charge in [-0.15, -0.1) is 0 Å². The average Bonchev–Trinajstić information content (AvgIpc) is 2.75. The quantitative estimate of drug-likeness (QED) is 0.636. The summed E-state index contributed by atoms with van der Waals surface area (Å²) in [7, 11) is -1.60. The van der Waals surface area contributed by atoms with Gasteiger partial charge in [-0.25, -0.2) is 8.42 Å². The molecule has 1 aliphatic rings. The van der Waals surface area contributed by atoms with E-state index in [-0.39, 0.29) is 36.5 Å². The standard InChI is InChI=1S/C22H27N3O5S/c1-30-16-20(26)24-19-9-5-6-17(14-19)15-23-22(27)21(18-7-3-2-4-8-18)25-10-12-31(28,29)13-11-25/h2-9,14,21H,10-13,15-16H2,1H3,(H,23,27)(H,24,26). The lowest BCUT2D eigenvalue weighted by molar-refractivity contribution is -0.126. The third-order valence-electron chi connectivity index (χ3n) is 5.06. The van der Waals surface area contributed by atoms with Crippen LogP contribution in [-0.2, 0) is 30.7 Å². The summed E-state index contributed by atoms with van der Waals surface area (Å²) >= 11 is 0. The summed E-state index contributed by atoms with van der Waals surface area (Å²) in [6.45, 7) is 0.875. The van der Waals surface area contributed by atoms with E-state index in [9.17, 15) is 18.0 Å². The maximum absolute atomic E-state index is 13.1. The van der Waals surface area contributed by atoms with Crippen molar-refractivity contribution in [3.8, 4) is 0 Å². The summed E-state index contributed by atoms with van der Waals surface area (Å²) in [6.07, 6.45) is 0. The van der Waals surface area contributed by atoms with Crippen molar-refractivity contribution in [2.45, 2.75) is 12.6 Å². The molecular weight excluding hydrogens is 418 g/mol. The Bertz CT molecular complexity index is 997. The Balaban J connectivity index is 1.69. The van der Waals surface area contributed by atoms with E-state index >= 15 is 0 Å². The molecule has 1 unspecified atom stereocenters. The predicted octanol–water partition coefficient (Wildman–Crippen LogP) is 1.36. The van der Waals surface area contributed by atoms with Crippen LogP contribution < -0.4 is 10.6 Å². The number of carbonyl (C=O) groups excluding carboxylic acids is 2. The van der Waals surface area contributed by atoms with Gasteiger partial charge in [-0.2, -0.15) is 0 Å². The van der Waals surface area contributed by atoms with Gasteiger partial charge in [0.05, 0.1) is 11.5 Å². The topological polar surface area (TPSA) is 105 Å². The number of nitrogens with zero attached hydrogens (tertiary/aromatic N) is 1. The first-order valence-electron chi connectivity index (χ1n) is 10.0. The van der Waals surface area contributed by atoms with Crippen LogP contribution in [0, 0.1) is 0 Å². The monoisotopic (exact) mass is 445 g/mol. The van der Waals surface area contributed by atoms with Crippen LogP contribution in [0.3, 0.4) is 0 Å². The van der Waals surface area contributed by atoms with Gasteiger partial charge >= 0.3 is 0 Å². The number of hydrogen-bond acceptors (Lipinski definition) is 6. The van der Waals surface area contributed by atoms with Crippen LogP contribution in [-0.4, -0.2) is 63.4 Å². The molecule has 1 heterocycles. The summed E-state index contributed by atoms with van der Waals surface area (Å²) in [6, 6.07) is 16.0. The zero-order valence-electron chi connectivity index (χ0n) is 17.4. The maximum Gasteiger partial charge on any atom is 0.250 e. The van der Waals surface area contributed by atoms with Gasteiger partial charge in [0.25, 0.3) is 0 Å². The number of nitrogens with one attached hydrogen (secondary N) is 2. The van der Waals surface area contributed by atoms with Gasteiger partial charge < -0.3 is 15.4 Å². The summed E-state index contributed by atoms with van der Waals surface area (Å²) in [4.78, 5) is 26.7. The number of amides is 2. The number of hydrogen-bond donors (Lipinski definition) is 2. The number of rotatable bonds is 8. The van der Waals surface area contributed by atoms with Crippen molar-refractivity contribution in [3.63, 3.8) is 0 Å². The lowest BCUT2D eigenvalue weighted by atomic mass is 10.0. The lowest BCUT2D eigenvalue weighted by Gasteiger charge is -2.33. The van der Waals surface area contributed by atoms with E-state index in [4.69, 9.17) is 4.74 Å². The Labute approximate surface area is 182 Å². The molecule has 0 spiro atoms. The first-order chi connectivity index (χ1) is 14.9. The molecule has 166 valence electrons. The molecule has 0 aromatic heterocycles. The zero-order chi connectivity index (χ0) is 22.3.